The van der Waals surface area contributed by atoms with Crippen molar-refractivity contribution in [3.8, 4) is 0 Å². The highest BCUT2D eigenvalue weighted by atomic mass is 35.5. The van der Waals surface area contributed by atoms with Gasteiger partial charge in [0.15, 0.2) is 0 Å². The molecule has 0 bridgehead atoms. The van der Waals surface area contributed by atoms with Crippen LogP contribution < -0.4 is 0 Å². The summed E-state index contributed by atoms with van der Waals surface area (Å²) < 4.78 is 63.4. The molecule has 2 rings (SSSR count). The standard InChI is InChI=1S/C13H16ClNO/c1-15-12(13(16)8-4-5-9-13)10-6-2-3-7-11(10)14/h2-3,6-7,16H,4-5,8-9H2,1H3/i4D2,5D2,8D2,9D2. The number of hydrogen-bond acceptors (Lipinski definition) is 2. The molecule has 1 fully saturated rings. The van der Waals surface area contributed by atoms with Crippen LogP contribution in [-0.4, -0.2) is 23.5 Å². The summed E-state index contributed by atoms with van der Waals surface area (Å²) in [5, 5.41) is 11.1. The average molecular weight is 246 g/mol. The lowest BCUT2D eigenvalue weighted by atomic mass is 9.90. The van der Waals surface area contributed by atoms with Gasteiger partial charge in [-0.1, -0.05) is 42.5 Å². The van der Waals surface area contributed by atoms with Crippen LogP contribution in [-0.2, 0) is 0 Å². The Balaban J connectivity index is 2.86. The van der Waals surface area contributed by atoms with Crippen LogP contribution in [0, 0.1) is 0 Å². The van der Waals surface area contributed by atoms with E-state index in [1.54, 1.807) is 6.07 Å². The molecule has 0 aliphatic heterocycles. The summed E-state index contributed by atoms with van der Waals surface area (Å²) in [6, 6.07) is 5.88. The topological polar surface area (TPSA) is 32.6 Å². The zero-order valence-electron chi connectivity index (χ0n) is 16.6. The number of nitrogens with zero attached hydrogens (tertiary/aromatic N) is 1. The molecule has 16 heavy (non-hydrogen) atoms. The highest BCUT2D eigenvalue weighted by molar-refractivity contribution is 6.34. The van der Waals surface area contributed by atoms with Crippen molar-refractivity contribution >= 4 is 17.3 Å². The minimum Gasteiger partial charge on any atom is -0.384 e. The van der Waals surface area contributed by atoms with Crippen LogP contribution in [0.3, 0.4) is 0 Å². The fraction of sp³-hybridized carbons (Fsp3) is 0.462. The number of aliphatic imine (C=N–C) groups is 1. The van der Waals surface area contributed by atoms with Gasteiger partial charge in [0, 0.05) is 28.6 Å². The Morgan fingerprint density at radius 3 is 2.62 bits per heavy atom. The number of halogens is 1. The van der Waals surface area contributed by atoms with Gasteiger partial charge in [-0.25, -0.2) is 0 Å². The van der Waals surface area contributed by atoms with Crippen LogP contribution in [0.4, 0.5) is 0 Å². The second-order valence-electron chi connectivity index (χ2n) is 3.26. The average Bonchev–Trinajstić information content (AvgIpc) is 2.52. The van der Waals surface area contributed by atoms with Gasteiger partial charge in [-0.3, -0.25) is 4.99 Å². The molecule has 1 aliphatic carbocycles. The van der Waals surface area contributed by atoms with Crippen molar-refractivity contribution in [3.63, 3.8) is 0 Å². The largest absolute Gasteiger partial charge is 0.384 e. The van der Waals surface area contributed by atoms with E-state index in [9.17, 15) is 5.11 Å². The minimum atomic E-state index is -3.32. The maximum atomic E-state index is 11.0. The van der Waals surface area contributed by atoms with E-state index >= 15 is 0 Å². The third-order valence-corrected chi connectivity index (χ3v) is 2.57. The lowest BCUT2D eigenvalue weighted by molar-refractivity contribution is 0.121. The first-order valence-corrected chi connectivity index (χ1v) is 5.04. The summed E-state index contributed by atoms with van der Waals surface area (Å²) in [6.45, 7) is 0. The van der Waals surface area contributed by atoms with E-state index in [1.807, 2.05) is 0 Å². The second kappa shape index (κ2) is 4.56. The van der Waals surface area contributed by atoms with Crippen molar-refractivity contribution in [2.24, 2.45) is 4.99 Å². The third-order valence-electron chi connectivity index (χ3n) is 2.24. The number of benzene rings is 1. The highest BCUT2D eigenvalue weighted by Gasteiger charge is 2.37. The molecule has 1 aliphatic rings. The molecular formula is C13H16ClNO. The van der Waals surface area contributed by atoms with E-state index in [0.717, 1.165) is 0 Å². The number of hydrogen-bond donors (Lipinski definition) is 1. The van der Waals surface area contributed by atoms with Gasteiger partial charge < -0.3 is 5.11 Å². The van der Waals surface area contributed by atoms with Gasteiger partial charge in [-0.15, -0.1) is 0 Å². The molecule has 1 aromatic rings. The maximum absolute atomic E-state index is 11.0. The zero-order valence-corrected chi connectivity index (χ0v) is 9.34. The molecule has 2 nitrogen and oxygen atoms in total. The maximum Gasteiger partial charge on any atom is 0.107 e. The van der Waals surface area contributed by atoms with Crippen LogP contribution in [0.15, 0.2) is 29.3 Å². The van der Waals surface area contributed by atoms with E-state index in [0.29, 0.717) is 0 Å². The summed E-state index contributed by atoms with van der Waals surface area (Å²) in [6.07, 6.45) is -13.3. The third kappa shape index (κ3) is 2.00. The molecule has 1 aromatic carbocycles. The molecule has 0 radical (unpaired) electrons. The fourth-order valence-corrected chi connectivity index (χ4v) is 1.75. The van der Waals surface area contributed by atoms with Crippen molar-refractivity contribution in [3.05, 3.63) is 34.9 Å². The molecule has 1 N–H and O–H groups in total. The summed E-state index contributed by atoms with van der Waals surface area (Å²) in [5.41, 5.74) is -3.74. The molecule has 0 atom stereocenters. The summed E-state index contributed by atoms with van der Waals surface area (Å²) in [7, 11) is 1.17. The lowest BCUT2D eigenvalue weighted by Gasteiger charge is -2.25. The van der Waals surface area contributed by atoms with Crippen molar-refractivity contribution in [2.75, 3.05) is 7.05 Å². The van der Waals surface area contributed by atoms with Crippen molar-refractivity contribution in [1.29, 1.82) is 0 Å². The molecule has 0 saturated heterocycles. The number of aliphatic hydroxyl groups is 1. The van der Waals surface area contributed by atoms with Crippen LogP contribution in [0.5, 0.6) is 0 Å². The fourth-order valence-electron chi connectivity index (χ4n) is 1.52. The predicted molar refractivity (Wildman–Crippen MR) is 67.3 cm³/mol. The van der Waals surface area contributed by atoms with Gasteiger partial charge >= 0.3 is 0 Å². The molecule has 0 heterocycles. The normalized spacial score (nSPS) is 40.1. The first-order valence-electron chi connectivity index (χ1n) is 8.66. The Hall–Kier alpha value is -0.860. The van der Waals surface area contributed by atoms with E-state index in [4.69, 9.17) is 22.6 Å². The Bertz CT molecular complexity index is 677. The first kappa shape index (κ1) is 5.19. The summed E-state index contributed by atoms with van der Waals surface area (Å²) in [4.78, 5) is 3.76. The van der Waals surface area contributed by atoms with Crippen LogP contribution in [0.1, 0.15) is 42.0 Å². The van der Waals surface area contributed by atoms with E-state index in [-0.39, 0.29) is 10.6 Å². The van der Waals surface area contributed by atoms with Gasteiger partial charge in [-0.2, -0.15) is 0 Å². The molecule has 86 valence electrons. The van der Waals surface area contributed by atoms with Gasteiger partial charge in [0.1, 0.15) is 5.60 Å². The van der Waals surface area contributed by atoms with Crippen LogP contribution in [0.25, 0.3) is 0 Å². The molecule has 1 saturated carbocycles. The van der Waals surface area contributed by atoms with Crippen molar-refractivity contribution < 1.29 is 16.1 Å². The summed E-state index contributed by atoms with van der Waals surface area (Å²) in [5.74, 6) is 0. The highest BCUT2D eigenvalue weighted by Crippen LogP contribution is 2.34. The molecule has 0 unspecified atom stereocenters. The van der Waals surface area contributed by atoms with Crippen LogP contribution in [0.2, 0.25) is 5.02 Å². The van der Waals surface area contributed by atoms with E-state index in [1.165, 1.54) is 25.2 Å². The zero-order chi connectivity index (χ0) is 18.8. The molecule has 0 amide bonds. The van der Waals surface area contributed by atoms with Crippen molar-refractivity contribution in [2.45, 2.75) is 31.1 Å². The van der Waals surface area contributed by atoms with Gasteiger partial charge in [0.2, 0.25) is 0 Å². The predicted octanol–water partition coefficient (Wildman–Crippen LogP) is 3.06. The van der Waals surface area contributed by atoms with Gasteiger partial charge in [0.25, 0.3) is 0 Å². The lowest BCUT2D eigenvalue weighted by Crippen LogP contribution is -2.36. The molecular weight excluding hydrogens is 222 g/mol. The van der Waals surface area contributed by atoms with Gasteiger partial charge in [-0.05, 0) is 18.8 Å². The minimum absolute atomic E-state index is 0.00502. The Morgan fingerprint density at radius 1 is 1.44 bits per heavy atom. The first-order chi connectivity index (χ1) is 10.7. The Morgan fingerprint density at radius 2 is 2.06 bits per heavy atom. The van der Waals surface area contributed by atoms with E-state index < -0.39 is 36.8 Å². The second-order valence-corrected chi connectivity index (χ2v) is 3.67. The summed E-state index contributed by atoms with van der Waals surface area (Å²) >= 11 is 6.04. The number of rotatable bonds is 2. The van der Waals surface area contributed by atoms with E-state index in [2.05, 4.69) is 4.99 Å². The monoisotopic (exact) mass is 245 g/mol. The molecule has 0 aromatic heterocycles. The van der Waals surface area contributed by atoms with Crippen molar-refractivity contribution in [1.82, 2.24) is 0 Å². The smallest absolute Gasteiger partial charge is 0.107 e. The van der Waals surface area contributed by atoms with Crippen LogP contribution >= 0.6 is 11.6 Å². The Labute approximate surface area is 112 Å². The molecule has 3 heteroatoms. The molecule has 0 spiro atoms. The quantitative estimate of drug-likeness (QED) is 0.798. The Kier molecular flexibility index (Phi) is 1.48. The van der Waals surface area contributed by atoms with Gasteiger partial charge in [0.05, 0.1) is 5.71 Å². The SMILES string of the molecule is [2H]C1([2H])C([2H])([2H])C([2H])([2H])C(O)(C(=NC)c2ccccc2Cl)C1([2H])[2H].